The Morgan fingerprint density at radius 1 is 0.783 bits per heavy atom. The molecule has 0 atom stereocenters. The van der Waals surface area contributed by atoms with Crippen LogP contribution in [0.2, 0.25) is 0 Å². The van der Waals surface area contributed by atoms with Crippen LogP contribution in [-0.4, -0.2) is 5.91 Å². The van der Waals surface area contributed by atoms with Crippen LogP contribution in [0.1, 0.15) is 6.42 Å². The fraction of sp³-hybridized carbons (Fsp3) is 0.0769. The minimum absolute atomic E-state index is 0.882. The fourth-order valence-corrected chi connectivity index (χ4v) is 1.85. The maximum atomic E-state index is 14.1. The van der Waals surface area contributed by atoms with E-state index in [1.165, 1.54) is 11.4 Å². The van der Waals surface area contributed by atoms with Crippen molar-refractivity contribution in [2.24, 2.45) is 0 Å². The van der Waals surface area contributed by atoms with Gasteiger partial charge in [0, 0.05) is 0 Å². The van der Waals surface area contributed by atoms with Gasteiger partial charge in [-0.3, -0.25) is 4.79 Å². The highest BCUT2D eigenvalue weighted by atomic mass is 19.2. The second kappa shape index (κ2) is 5.75. The molecule has 0 radical (unpaired) electrons. The minimum atomic E-state index is -2.45. The van der Waals surface area contributed by atoms with Gasteiger partial charge in [-0.05, 0) is 0 Å². The number of fused-ring (bicyclic) bond motifs is 1. The summed E-state index contributed by atoms with van der Waals surface area (Å²) < 4.78 is 94.9. The molecular weight excluding hydrogens is 333 g/mol. The largest absolute Gasteiger partial charge is 0.320 e. The summed E-state index contributed by atoms with van der Waals surface area (Å²) in [4.78, 5) is 11.1. The lowest BCUT2D eigenvalue weighted by Crippen LogP contribution is -2.15. The molecule has 0 saturated heterocycles. The van der Waals surface area contributed by atoms with Gasteiger partial charge in [0.1, 0.15) is 12.1 Å². The first kappa shape index (κ1) is 16.5. The molecule has 0 heterocycles. The van der Waals surface area contributed by atoms with Crippen LogP contribution in [0.3, 0.4) is 0 Å². The van der Waals surface area contributed by atoms with E-state index in [-0.39, 0.29) is 0 Å². The van der Waals surface area contributed by atoms with E-state index >= 15 is 0 Å². The van der Waals surface area contributed by atoms with Crippen molar-refractivity contribution in [1.29, 1.82) is 5.26 Å². The van der Waals surface area contributed by atoms with E-state index in [0.717, 1.165) is 0 Å². The average molecular weight is 336 g/mol. The molecule has 2 aromatic carbocycles. The van der Waals surface area contributed by atoms with Crippen LogP contribution in [0.25, 0.3) is 10.8 Å². The summed E-state index contributed by atoms with van der Waals surface area (Å²) in [5.74, 6) is -17.2. The number of rotatable bonds is 2. The summed E-state index contributed by atoms with van der Waals surface area (Å²) in [7, 11) is 0. The van der Waals surface area contributed by atoms with Crippen molar-refractivity contribution in [1.82, 2.24) is 0 Å². The highest BCUT2D eigenvalue weighted by Gasteiger charge is 2.30. The molecule has 10 heteroatoms. The maximum Gasteiger partial charge on any atom is 0.238 e. The van der Waals surface area contributed by atoms with E-state index in [0.29, 0.717) is 0 Å². The van der Waals surface area contributed by atoms with Gasteiger partial charge in [-0.2, -0.15) is 5.26 Å². The molecule has 0 spiro atoms. The summed E-state index contributed by atoms with van der Waals surface area (Å²) in [6, 6.07) is 1.32. The van der Waals surface area contributed by atoms with Gasteiger partial charge >= 0.3 is 0 Å². The van der Waals surface area contributed by atoms with Crippen molar-refractivity contribution in [2.45, 2.75) is 6.42 Å². The molecular formula is C13H3F7N2O. The summed E-state index contributed by atoms with van der Waals surface area (Å²) in [6.07, 6.45) is -0.882. The molecule has 0 aliphatic carbocycles. The van der Waals surface area contributed by atoms with Crippen LogP contribution in [0.15, 0.2) is 0 Å². The average Bonchev–Trinajstić information content (AvgIpc) is 2.51. The standard InChI is InChI=1S/C13H3F7N2O/c14-6-4-5(7(15)11(19)10(6)18)9(17)13(12(20)8(4)16)22-3(23)1-2-21/h1H2,(H,22,23). The Balaban J connectivity index is 2.90. The third-order valence-electron chi connectivity index (χ3n) is 2.84. The summed E-state index contributed by atoms with van der Waals surface area (Å²) in [5, 5.41) is 6.19. The van der Waals surface area contributed by atoms with Gasteiger partial charge in [-0.1, -0.05) is 0 Å². The van der Waals surface area contributed by atoms with Gasteiger partial charge in [0.05, 0.1) is 16.8 Å². The second-order valence-corrected chi connectivity index (χ2v) is 4.21. The summed E-state index contributed by atoms with van der Waals surface area (Å²) in [6.45, 7) is 0. The van der Waals surface area contributed by atoms with Crippen molar-refractivity contribution in [2.75, 3.05) is 5.32 Å². The zero-order valence-corrected chi connectivity index (χ0v) is 10.7. The highest BCUT2D eigenvalue weighted by molar-refractivity contribution is 5.96. The Bertz CT molecular complexity index is 889. The lowest BCUT2D eigenvalue weighted by Gasteiger charge is -2.12. The number of amides is 1. The van der Waals surface area contributed by atoms with Crippen LogP contribution in [-0.2, 0) is 4.79 Å². The van der Waals surface area contributed by atoms with E-state index in [4.69, 9.17) is 5.26 Å². The summed E-state index contributed by atoms with van der Waals surface area (Å²) >= 11 is 0. The molecule has 2 rings (SSSR count). The molecule has 0 aromatic heterocycles. The van der Waals surface area contributed by atoms with E-state index in [1.807, 2.05) is 0 Å². The number of nitrogens with one attached hydrogen (secondary N) is 1. The van der Waals surface area contributed by atoms with Crippen LogP contribution in [0.4, 0.5) is 36.4 Å². The number of anilines is 1. The molecule has 1 N–H and O–H groups in total. The van der Waals surface area contributed by atoms with Crippen LogP contribution < -0.4 is 5.32 Å². The monoisotopic (exact) mass is 336 g/mol. The highest BCUT2D eigenvalue weighted by Crippen LogP contribution is 2.36. The lowest BCUT2D eigenvalue weighted by atomic mass is 10.1. The third-order valence-corrected chi connectivity index (χ3v) is 2.84. The van der Waals surface area contributed by atoms with Crippen LogP contribution >= 0.6 is 0 Å². The third kappa shape index (κ3) is 2.44. The van der Waals surface area contributed by atoms with Gasteiger partial charge in [-0.15, -0.1) is 0 Å². The van der Waals surface area contributed by atoms with E-state index in [2.05, 4.69) is 0 Å². The number of nitriles is 1. The Hall–Kier alpha value is -2.83. The molecule has 23 heavy (non-hydrogen) atoms. The van der Waals surface area contributed by atoms with Gasteiger partial charge in [0.15, 0.2) is 40.7 Å². The Morgan fingerprint density at radius 3 is 1.70 bits per heavy atom. The number of nitrogens with zero attached hydrogens (tertiary/aromatic N) is 1. The normalized spacial score (nSPS) is 10.7. The van der Waals surface area contributed by atoms with E-state index in [1.54, 1.807) is 0 Å². The topological polar surface area (TPSA) is 52.9 Å². The molecule has 0 aliphatic heterocycles. The predicted molar refractivity (Wildman–Crippen MR) is 62.5 cm³/mol. The molecule has 3 nitrogen and oxygen atoms in total. The van der Waals surface area contributed by atoms with Gasteiger partial charge in [0.2, 0.25) is 5.91 Å². The SMILES string of the molecule is N#CCC(=O)Nc1c(F)c(F)c2c(F)c(F)c(F)c(F)c2c1F. The molecule has 120 valence electrons. The fourth-order valence-electron chi connectivity index (χ4n) is 1.85. The molecule has 0 saturated carbocycles. The van der Waals surface area contributed by atoms with Crippen molar-refractivity contribution >= 4 is 22.4 Å². The molecule has 0 fully saturated rings. The van der Waals surface area contributed by atoms with Gasteiger partial charge in [-0.25, -0.2) is 30.7 Å². The Kier molecular flexibility index (Phi) is 4.14. The number of carbonyl (C=O) groups excluding carboxylic acids is 1. The van der Waals surface area contributed by atoms with Crippen molar-refractivity contribution in [3.8, 4) is 6.07 Å². The number of hydrogen-bond acceptors (Lipinski definition) is 2. The van der Waals surface area contributed by atoms with Crippen molar-refractivity contribution in [3.05, 3.63) is 40.7 Å². The van der Waals surface area contributed by atoms with Crippen molar-refractivity contribution in [3.63, 3.8) is 0 Å². The molecule has 0 aliphatic rings. The number of benzene rings is 2. The Labute approximate surface area is 122 Å². The maximum absolute atomic E-state index is 14.1. The zero-order chi connectivity index (χ0) is 17.5. The lowest BCUT2D eigenvalue weighted by molar-refractivity contribution is -0.115. The minimum Gasteiger partial charge on any atom is -0.320 e. The number of halogens is 7. The second-order valence-electron chi connectivity index (χ2n) is 4.21. The Morgan fingerprint density at radius 2 is 1.22 bits per heavy atom. The first-order chi connectivity index (χ1) is 10.7. The van der Waals surface area contributed by atoms with Crippen LogP contribution in [0.5, 0.6) is 0 Å². The number of carbonyl (C=O) groups is 1. The first-order valence-electron chi connectivity index (χ1n) is 5.71. The zero-order valence-electron chi connectivity index (χ0n) is 10.7. The predicted octanol–water partition coefficient (Wildman–Crippen LogP) is 3.67. The molecule has 1 amide bonds. The van der Waals surface area contributed by atoms with E-state index in [9.17, 15) is 35.5 Å². The van der Waals surface area contributed by atoms with Gasteiger partial charge < -0.3 is 5.32 Å². The van der Waals surface area contributed by atoms with Crippen molar-refractivity contribution < 1.29 is 35.5 Å². The molecule has 0 unspecified atom stereocenters. The van der Waals surface area contributed by atoms with E-state index < -0.39 is 69.5 Å². The molecule has 2 aromatic rings. The smallest absolute Gasteiger partial charge is 0.238 e. The van der Waals surface area contributed by atoms with Crippen LogP contribution in [0, 0.1) is 52.1 Å². The first-order valence-corrected chi connectivity index (χ1v) is 5.71. The molecule has 0 bridgehead atoms. The number of hydrogen-bond donors (Lipinski definition) is 1. The summed E-state index contributed by atoms with van der Waals surface area (Å²) in [5.41, 5.74) is -1.56. The van der Waals surface area contributed by atoms with Gasteiger partial charge in [0.25, 0.3) is 0 Å². The quantitative estimate of drug-likeness (QED) is 0.517.